The van der Waals surface area contributed by atoms with Crippen LogP contribution in [-0.4, -0.2) is 56.2 Å². The van der Waals surface area contributed by atoms with E-state index in [1.54, 1.807) is 48.4 Å². The Bertz CT molecular complexity index is 1340. The van der Waals surface area contributed by atoms with E-state index in [2.05, 4.69) is 9.97 Å². The van der Waals surface area contributed by atoms with Gasteiger partial charge in [0.15, 0.2) is 0 Å². The van der Waals surface area contributed by atoms with Crippen molar-refractivity contribution in [2.24, 2.45) is 0 Å². The van der Waals surface area contributed by atoms with Gasteiger partial charge in [-0.15, -0.1) is 11.3 Å². The van der Waals surface area contributed by atoms with E-state index in [1.807, 2.05) is 0 Å². The number of fused-ring (bicyclic) bond motifs is 2. The van der Waals surface area contributed by atoms with Crippen molar-refractivity contribution in [3.63, 3.8) is 0 Å². The van der Waals surface area contributed by atoms with E-state index >= 15 is 0 Å². The Morgan fingerprint density at radius 2 is 2.13 bits per heavy atom. The number of ether oxygens (including phenoxy) is 1. The standard InChI is InChI=1S/C22H19N3O5S/c1-11-19(22(28)29)14-3-2-13(8-15(14)24-11)30-17-4-6-23-16-9-18(31-20(16)17)21(27)25-7-5-12(26)10-25/h2-4,6,8-9,12,24,26H,5,7,10H2,1H3,(H,28,29). The van der Waals surface area contributed by atoms with Gasteiger partial charge in [0.2, 0.25) is 0 Å². The van der Waals surface area contributed by atoms with Gasteiger partial charge in [-0.2, -0.15) is 0 Å². The van der Waals surface area contributed by atoms with E-state index in [1.165, 1.54) is 11.3 Å². The monoisotopic (exact) mass is 437 g/mol. The lowest BCUT2D eigenvalue weighted by molar-refractivity contribution is 0.0697. The predicted molar refractivity (Wildman–Crippen MR) is 116 cm³/mol. The van der Waals surface area contributed by atoms with Crippen molar-refractivity contribution in [3.8, 4) is 11.5 Å². The number of amides is 1. The highest BCUT2D eigenvalue weighted by Crippen LogP contribution is 2.36. The first kappa shape index (κ1) is 19.5. The molecule has 1 amide bonds. The summed E-state index contributed by atoms with van der Waals surface area (Å²) in [6.07, 6.45) is 1.74. The number of likely N-dealkylation sites (tertiary alicyclic amines) is 1. The number of carboxylic acid groups (broad SMARTS) is 1. The van der Waals surface area contributed by atoms with Crippen LogP contribution in [-0.2, 0) is 0 Å². The Balaban J connectivity index is 1.47. The van der Waals surface area contributed by atoms with Gasteiger partial charge in [-0.3, -0.25) is 9.78 Å². The molecule has 0 bridgehead atoms. The average molecular weight is 437 g/mol. The van der Waals surface area contributed by atoms with Gasteiger partial charge in [-0.1, -0.05) is 0 Å². The van der Waals surface area contributed by atoms with Crippen LogP contribution in [0.3, 0.4) is 0 Å². The summed E-state index contributed by atoms with van der Waals surface area (Å²) in [5, 5.41) is 19.7. The second-order valence-corrected chi connectivity index (χ2v) is 8.62. The van der Waals surface area contributed by atoms with Crippen molar-refractivity contribution in [2.75, 3.05) is 13.1 Å². The lowest BCUT2D eigenvalue weighted by Crippen LogP contribution is -2.28. The fourth-order valence-electron chi connectivity index (χ4n) is 3.96. The molecule has 5 rings (SSSR count). The normalized spacial score (nSPS) is 16.3. The van der Waals surface area contributed by atoms with Crippen LogP contribution in [0.5, 0.6) is 11.5 Å². The minimum atomic E-state index is -0.977. The van der Waals surface area contributed by atoms with Gasteiger partial charge in [0.1, 0.15) is 11.5 Å². The summed E-state index contributed by atoms with van der Waals surface area (Å²) in [7, 11) is 0. The number of H-pyrrole nitrogens is 1. The molecule has 3 aromatic heterocycles. The van der Waals surface area contributed by atoms with Crippen LogP contribution >= 0.6 is 11.3 Å². The minimum Gasteiger partial charge on any atom is -0.478 e. The molecule has 0 radical (unpaired) electrons. The molecule has 3 N–H and O–H groups in total. The van der Waals surface area contributed by atoms with Crippen LogP contribution < -0.4 is 4.74 Å². The number of rotatable bonds is 4. The molecule has 8 nitrogen and oxygen atoms in total. The summed E-state index contributed by atoms with van der Waals surface area (Å²) in [6, 6.07) is 8.68. The molecule has 1 aliphatic rings. The fourth-order valence-corrected chi connectivity index (χ4v) is 4.99. The number of aliphatic hydroxyl groups excluding tert-OH is 1. The first-order valence-corrected chi connectivity index (χ1v) is 10.6. The quantitative estimate of drug-likeness (QED) is 0.447. The van der Waals surface area contributed by atoms with E-state index in [-0.39, 0.29) is 11.5 Å². The second-order valence-electron chi connectivity index (χ2n) is 7.57. The van der Waals surface area contributed by atoms with Crippen molar-refractivity contribution in [3.05, 3.63) is 52.7 Å². The lowest BCUT2D eigenvalue weighted by atomic mass is 10.1. The zero-order valence-electron chi connectivity index (χ0n) is 16.6. The maximum absolute atomic E-state index is 12.8. The minimum absolute atomic E-state index is 0.116. The predicted octanol–water partition coefficient (Wildman–Crippen LogP) is 3.78. The van der Waals surface area contributed by atoms with E-state index < -0.39 is 12.1 Å². The van der Waals surface area contributed by atoms with Crippen LogP contribution in [0.15, 0.2) is 36.5 Å². The molecule has 4 heterocycles. The smallest absolute Gasteiger partial charge is 0.338 e. The molecule has 1 aromatic carbocycles. The van der Waals surface area contributed by atoms with Gasteiger partial charge >= 0.3 is 5.97 Å². The number of carboxylic acids is 1. The van der Waals surface area contributed by atoms with Gasteiger partial charge in [-0.25, -0.2) is 4.79 Å². The number of carbonyl (C=O) groups is 2. The Morgan fingerprint density at radius 1 is 1.29 bits per heavy atom. The fraction of sp³-hybridized carbons (Fsp3) is 0.227. The van der Waals surface area contributed by atoms with Gasteiger partial charge in [0, 0.05) is 42.5 Å². The van der Waals surface area contributed by atoms with E-state index in [0.717, 1.165) is 4.70 Å². The molecule has 1 atom stereocenters. The molecular formula is C22H19N3O5S. The number of aromatic nitrogens is 2. The number of carbonyl (C=O) groups excluding carboxylic acids is 1. The SMILES string of the molecule is Cc1[nH]c2cc(Oc3ccnc4cc(C(=O)N5CCC(O)C5)sc34)ccc2c1C(=O)O. The Kier molecular flexibility index (Phi) is 4.64. The van der Waals surface area contributed by atoms with Crippen LogP contribution in [0.25, 0.3) is 21.1 Å². The van der Waals surface area contributed by atoms with Crippen LogP contribution in [0.1, 0.15) is 32.1 Å². The van der Waals surface area contributed by atoms with Crippen molar-refractivity contribution in [1.82, 2.24) is 14.9 Å². The Morgan fingerprint density at radius 3 is 2.87 bits per heavy atom. The summed E-state index contributed by atoms with van der Waals surface area (Å²) in [5.74, 6) is 0.0169. The van der Waals surface area contributed by atoms with Gasteiger partial charge < -0.3 is 24.8 Å². The summed E-state index contributed by atoms with van der Waals surface area (Å²) in [6.45, 7) is 2.61. The second kappa shape index (κ2) is 7.36. The zero-order valence-corrected chi connectivity index (χ0v) is 17.4. The summed E-state index contributed by atoms with van der Waals surface area (Å²) < 4.78 is 6.83. The van der Waals surface area contributed by atoms with Gasteiger partial charge in [-0.05, 0) is 31.5 Å². The molecule has 158 valence electrons. The number of pyridine rings is 1. The van der Waals surface area contributed by atoms with Gasteiger partial charge in [0.25, 0.3) is 5.91 Å². The highest BCUT2D eigenvalue weighted by molar-refractivity contribution is 7.21. The number of benzene rings is 1. The Labute approximate surface area is 180 Å². The number of nitrogens with one attached hydrogen (secondary N) is 1. The molecular weight excluding hydrogens is 418 g/mol. The molecule has 1 unspecified atom stereocenters. The maximum Gasteiger partial charge on any atom is 0.338 e. The third-order valence-corrected chi connectivity index (χ3v) is 6.56. The van der Waals surface area contributed by atoms with Crippen LogP contribution in [0, 0.1) is 6.92 Å². The van der Waals surface area contributed by atoms with E-state index in [9.17, 15) is 19.8 Å². The first-order chi connectivity index (χ1) is 14.9. The number of aryl methyl sites for hydroxylation is 1. The molecule has 31 heavy (non-hydrogen) atoms. The third kappa shape index (κ3) is 3.41. The molecule has 1 fully saturated rings. The topological polar surface area (TPSA) is 116 Å². The molecule has 0 spiro atoms. The summed E-state index contributed by atoms with van der Waals surface area (Å²) in [5.41, 5.74) is 2.17. The first-order valence-electron chi connectivity index (χ1n) is 9.80. The number of β-amino-alcohol motifs (C(OH)–C–C–N with tert-alkyl or cyclic N) is 1. The van der Waals surface area contributed by atoms with E-state index in [4.69, 9.17) is 4.74 Å². The number of aliphatic hydroxyl groups is 1. The summed E-state index contributed by atoms with van der Waals surface area (Å²) in [4.78, 5) is 33.9. The van der Waals surface area contributed by atoms with E-state index in [0.29, 0.717) is 58.0 Å². The molecule has 0 saturated carbocycles. The summed E-state index contributed by atoms with van der Waals surface area (Å²) >= 11 is 1.31. The van der Waals surface area contributed by atoms with Crippen molar-refractivity contribution >= 4 is 44.3 Å². The highest BCUT2D eigenvalue weighted by atomic mass is 32.1. The van der Waals surface area contributed by atoms with Crippen molar-refractivity contribution < 1.29 is 24.5 Å². The molecule has 1 aliphatic heterocycles. The van der Waals surface area contributed by atoms with Gasteiger partial charge in [0.05, 0.1) is 32.3 Å². The number of aromatic amines is 1. The Hall–Kier alpha value is -3.43. The number of hydrogen-bond acceptors (Lipinski definition) is 6. The highest BCUT2D eigenvalue weighted by Gasteiger charge is 2.27. The molecule has 4 aromatic rings. The van der Waals surface area contributed by atoms with Crippen molar-refractivity contribution in [2.45, 2.75) is 19.4 Å². The molecule has 1 saturated heterocycles. The number of nitrogens with zero attached hydrogens (tertiary/aromatic N) is 2. The largest absolute Gasteiger partial charge is 0.478 e. The zero-order chi connectivity index (χ0) is 21.7. The number of thiophene rings is 1. The average Bonchev–Trinajstić information content (AvgIpc) is 3.43. The van der Waals surface area contributed by atoms with Crippen molar-refractivity contribution in [1.29, 1.82) is 0 Å². The molecule has 0 aliphatic carbocycles. The third-order valence-electron chi connectivity index (χ3n) is 5.44. The van der Waals surface area contributed by atoms with Crippen LogP contribution in [0.4, 0.5) is 0 Å². The lowest BCUT2D eigenvalue weighted by Gasteiger charge is -2.13. The maximum atomic E-state index is 12.8. The molecule has 9 heteroatoms. The number of aromatic carboxylic acids is 1. The number of hydrogen-bond donors (Lipinski definition) is 3. The van der Waals surface area contributed by atoms with Crippen LogP contribution in [0.2, 0.25) is 0 Å².